The summed E-state index contributed by atoms with van der Waals surface area (Å²) in [6.45, 7) is 5.34. The number of methoxy groups -OCH3 is 1. The van der Waals surface area contributed by atoms with E-state index in [0.29, 0.717) is 11.1 Å². The molecule has 0 fully saturated rings. The lowest BCUT2D eigenvalue weighted by Gasteiger charge is -2.37. The molecule has 0 aliphatic carbocycles. The fraction of sp³-hybridized carbons (Fsp3) is 0.471. The average Bonchev–Trinajstić information content (AvgIpc) is 3.12. The first-order valence-electron chi connectivity index (χ1n) is 7.75. The first-order valence-corrected chi connectivity index (χ1v) is 8.87. The van der Waals surface area contributed by atoms with Crippen LogP contribution in [0, 0.1) is 5.41 Å². The number of esters is 1. The molecule has 0 saturated carbocycles. The van der Waals surface area contributed by atoms with Gasteiger partial charge in [0.05, 0.1) is 7.11 Å². The zero-order chi connectivity index (χ0) is 18.4. The number of benzene rings is 1. The van der Waals surface area contributed by atoms with Crippen LogP contribution >= 0.6 is 15.9 Å². The van der Waals surface area contributed by atoms with Gasteiger partial charge in [0.2, 0.25) is 6.23 Å². The van der Waals surface area contributed by atoms with Crippen molar-refractivity contribution < 1.29 is 19.0 Å². The number of hydrogen-bond acceptors (Lipinski definition) is 6. The maximum absolute atomic E-state index is 11.7. The Balaban J connectivity index is 2.37. The lowest BCUT2D eigenvalue weighted by Crippen LogP contribution is -2.44. The molecule has 2 aromatic rings. The molecular formula is C17H22BrN3O4. The molecule has 1 aromatic carbocycles. The minimum Gasteiger partial charge on any atom is -0.497 e. The van der Waals surface area contributed by atoms with Crippen molar-refractivity contribution in [2.45, 2.75) is 33.1 Å². The molecular weight excluding hydrogens is 390 g/mol. The Morgan fingerprint density at radius 1 is 1.28 bits per heavy atom. The van der Waals surface area contributed by atoms with Crippen molar-refractivity contribution in [2.75, 3.05) is 12.4 Å². The van der Waals surface area contributed by atoms with E-state index < -0.39 is 17.7 Å². The van der Waals surface area contributed by atoms with E-state index in [1.165, 1.54) is 19.6 Å². The Morgan fingerprint density at radius 2 is 1.92 bits per heavy atom. The summed E-state index contributed by atoms with van der Waals surface area (Å²) in [4.78, 5) is 15.7. The van der Waals surface area contributed by atoms with Gasteiger partial charge in [0.1, 0.15) is 24.2 Å². The number of halogens is 1. The number of carbonyl (C=O) groups is 1. The largest absolute Gasteiger partial charge is 0.497 e. The zero-order valence-corrected chi connectivity index (χ0v) is 16.3. The number of carbonyl (C=O) groups excluding carboxylic acids is 1. The van der Waals surface area contributed by atoms with Crippen LogP contribution in [0.1, 0.15) is 27.0 Å². The number of alkyl halides is 1. The molecule has 2 unspecified atom stereocenters. The van der Waals surface area contributed by atoms with Gasteiger partial charge in [-0.1, -0.05) is 29.8 Å². The van der Waals surface area contributed by atoms with Crippen molar-refractivity contribution in [2.24, 2.45) is 5.41 Å². The van der Waals surface area contributed by atoms with Gasteiger partial charge in [-0.2, -0.15) is 5.10 Å². The number of rotatable bonds is 8. The summed E-state index contributed by atoms with van der Waals surface area (Å²) < 4.78 is 18.4. The maximum atomic E-state index is 11.7. The minimum atomic E-state index is -0.674. The molecule has 0 bridgehead atoms. The van der Waals surface area contributed by atoms with E-state index in [2.05, 4.69) is 26.0 Å². The number of hydrogen-bond donors (Lipinski definition) is 0. The third kappa shape index (κ3) is 4.94. The van der Waals surface area contributed by atoms with E-state index in [1.54, 1.807) is 36.1 Å². The molecule has 25 heavy (non-hydrogen) atoms. The van der Waals surface area contributed by atoms with Gasteiger partial charge in [-0.25, -0.2) is 9.67 Å². The van der Waals surface area contributed by atoms with E-state index in [9.17, 15) is 4.79 Å². The highest BCUT2D eigenvalue weighted by atomic mass is 79.9. The van der Waals surface area contributed by atoms with Crippen molar-refractivity contribution >= 4 is 21.9 Å². The van der Waals surface area contributed by atoms with Gasteiger partial charge in [0.25, 0.3) is 0 Å². The normalized spacial score (nSPS) is 13.8. The van der Waals surface area contributed by atoms with Gasteiger partial charge in [-0.15, -0.1) is 0 Å². The molecule has 1 heterocycles. The van der Waals surface area contributed by atoms with Crippen LogP contribution < -0.4 is 9.47 Å². The van der Waals surface area contributed by atoms with Crippen LogP contribution in [-0.2, 0) is 9.53 Å². The average molecular weight is 412 g/mol. The molecule has 0 radical (unpaired) electrons. The third-order valence-electron chi connectivity index (χ3n) is 3.68. The summed E-state index contributed by atoms with van der Waals surface area (Å²) in [5.74, 6) is 0.938. The highest BCUT2D eigenvalue weighted by molar-refractivity contribution is 9.09. The van der Waals surface area contributed by atoms with Crippen LogP contribution in [0.3, 0.4) is 0 Å². The smallest absolute Gasteiger partial charge is 0.303 e. The van der Waals surface area contributed by atoms with Crippen LogP contribution in [0.5, 0.6) is 11.5 Å². The second-order valence-electron chi connectivity index (χ2n) is 6.21. The summed E-state index contributed by atoms with van der Waals surface area (Å²) in [7, 11) is 1.60. The predicted molar refractivity (Wildman–Crippen MR) is 95.8 cm³/mol. The predicted octanol–water partition coefficient (Wildman–Crippen LogP) is 3.22. The van der Waals surface area contributed by atoms with Crippen LogP contribution in [0.2, 0.25) is 0 Å². The molecule has 0 N–H and O–H groups in total. The van der Waals surface area contributed by atoms with E-state index in [4.69, 9.17) is 14.2 Å². The second-order valence-corrected chi connectivity index (χ2v) is 6.77. The van der Waals surface area contributed by atoms with E-state index in [1.807, 2.05) is 13.8 Å². The van der Waals surface area contributed by atoms with Crippen LogP contribution in [0.4, 0.5) is 0 Å². The molecule has 8 heteroatoms. The van der Waals surface area contributed by atoms with Crippen molar-refractivity contribution in [3.63, 3.8) is 0 Å². The fourth-order valence-electron chi connectivity index (χ4n) is 2.26. The monoisotopic (exact) mass is 411 g/mol. The Bertz CT molecular complexity index is 674. The molecule has 0 spiro atoms. The standard InChI is InChI=1S/C17H22BrN3O4/c1-12(22)24-15(17(2,3)9-18)16(21-11-19-10-20-21)25-14-7-5-13(23-4)6-8-14/h5-8,10-11,15-16H,9H2,1-4H3. The van der Waals surface area contributed by atoms with Gasteiger partial charge in [-0.3, -0.25) is 4.79 Å². The number of aromatic nitrogens is 3. The van der Waals surface area contributed by atoms with Gasteiger partial charge in [0.15, 0.2) is 6.10 Å². The summed E-state index contributed by atoms with van der Waals surface area (Å²) >= 11 is 3.49. The van der Waals surface area contributed by atoms with Crippen LogP contribution in [0.25, 0.3) is 0 Å². The van der Waals surface area contributed by atoms with Gasteiger partial charge in [-0.05, 0) is 24.3 Å². The molecule has 0 amide bonds. The van der Waals surface area contributed by atoms with Gasteiger partial charge in [0, 0.05) is 17.7 Å². The zero-order valence-electron chi connectivity index (χ0n) is 14.7. The quantitative estimate of drug-likeness (QED) is 0.490. The Hall–Kier alpha value is -2.09. The number of ether oxygens (including phenoxy) is 3. The highest BCUT2D eigenvalue weighted by Gasteiger charge is 2.41. The maximum Gasteiger partial charge on any atom is 0.303 e. The summed E-state index contributed by atoms with van der Waals surface area (Å²) in [6, 6.07) is 7.16. The van der Waals surface area contributed by atoms with Crippen molar-refractivity contribution in [3.8, 4) is 11.5 Å². The van der Waals surface area contributed by atoms with Crippen molar-refractivity contribution in [3.05, 3.63) is 36.9 Å². The lowest BCUT2D eigenvalue weighted by atomic mass is 9.87. The van der Waals surface area contributed by atoms with Crippen LogP contribution in [-0.4, -0.2) is 39.3 Å². The first-order chi connectivity index (χ1) is 11.9. The van der Waals surface area contributed by atoms with Gasteiger partial charge < -0.3 is 14.2 Å². The summed E-state index contributed by atoms with van der Waals surface area (Å²) in [6.07, 6.45) is 1.69. The molecule has 0 aliphatic heterocycles. The second kappa shape index (κ2) is 8.33. The Morgan fingerprint density at radius 3 is 2.40 bits per heavy atom. The SMILES string of the molecule is COc1ccc(OC(C(OC(C)=O)C(C)(C)CBr)n2cncn2)cc1. The molecule has 7 nitrogen and oxygen atoms in total. The van der Waals surface area contributed by atoms with E-state index >= 15 is 0 Å². The first kappa shape index (κ1) is 19.2. The topological polar surface area (TPSA) is 75.5 Å². The summed E-state index contributed by atoms with van der Waals surface area (Å²) in [5.41, 5.74) is -0.408. The Labute approximate surface area is 155 Å². The highest BCUT2D eigenvalue weighted by Crippen LogP contribution is 2.35. The van der Waals surface area contributed by atoms with Gasteiger partial charge >= 0.3 is 5.97 Å². The Kier molecular flexibility index (Phi) is 6.41. The van der Waals surface area contributed by atoms with E-state index in [-0.39, 0.29) is 5.97 Å². The minimum absolute atomic E-state index is 0.387. The molecule has 136 valence electrons. The van der Waals surface area contributed by atoms with E-state index in [0.717, 1.165) is 5.75 Å². The fourth-order valence-corrected chi connectivity index (χ4v) is 2.57. The molecule has 0 aliphatic rings. The molecule has 1 aromatic heterocycles. The third-order valence-corrected chi connectivity index (χ3v) is 5.13. The molecule has 0 saturated heterocycles. The van der Waals surface area contributed by atoms with Crippen molar-refractivity contribution in [1.82, 2.24) is 14.8 Å². The van der Waals surface area contributed by atoms with Crippen molar-refractivity contribution in [1.29, 1.82) is 0 Å². The lowest BCUT2D eigenvalue weighted by molar-refractivity contribution is -0.165. The molecule has 2 rings (SSSR count). The number of nitrogens with zero attached hydrogens (tertiary/aromatic N) is 3. The van der Waals surface area contributed by atoms with Crippen LogP contribution in [0.15, 0.2) is 36.9 Å². The molecule has 2 atom stereocenters. The summed E-state index contributed by atoms with van der Waals surface area (Å²) in [5, 5.41) is 4.78.